The number of nitrogens with zero attached hydrogens (tertiary/aromatic N) is 1. The van der Waals surface area contributed by atoms with Crippen LogP contribution in [-0.4, -0.2) is 40.1 Å². The molecule has 23 heavy (non-hydrogen) atoms. The lowest BCUT2D eigenvalue weighted by Crippen LogP contribution is -2.42. The van der Waals surface area contributed by atoms with Gasteiger partial charge in [0.05, 0.1) is 6.04 Å². The molecule has 4 rings (SSSR count). The van der Waals surface area contributed by atoms with Gasteiger partial charge in [0.15, 0.2) is 6.10 Å². The molecular weight excluding hydrogens is 294 g/mol. The molecule has 0 radical (unpaired) electrons. The van der Waals surface area contributed by atoms with Crippen LogP contribution in [0, 0.1) is 0 Å². The van der Waals surface area contributed by atoms with Gasteiger partial charge in [-0.05, 0) is 49.7 Å². The first-order chi connectivity index (χ1) is 11.1. The van der Waals surface area contributed by atoms with Crippen molar-refractivity contribution in [2.24, 2.45) is 0 Å². The average molecular weight is 315 g/mol. The van der Waals surface area contributed by atoms with Crippen LogP contribution in [0.5, 0.6) is 0 Å². The van der Waals surface area contributed by atoms with Gasteiger partial charge in [-0.25, -0.2) is 4.79 Å². The normalized spacial score (nSPS) is 29.3. The molecule has 122 valence electrons. The Morgan fingerprint density at radius 2 is 1.78 bits per heavy atom. The van der Waals surface area contributed by atoms with Crippen LogP contribution in [0.1, 0.15) is 49.3 Å². The second kappa shape index (κ2) is 5.64. The Kier molecular flexibility index (Phi) is 3.60. The van der Waals surface area contributed by atoms with Crippen LogP contribution in [0.4, 0.5) is 0 Å². The quantitative estimate of drug-likeness (QED) is 0.926. The van der Waals surface area contributed by atoms with Crippen LogP contribution < -0.4 is 0 Å². The summed E-state index contributed by atoms with van der Waals surface area (Å²) in [4.78, 5) is 26.1. The van der Waals surface area contributed by atoms with Gasteiger partial charge in [0.25, 0.3) is 5.91 Å². The lowest BCUT2D eigenvalue weighted by Gasteiger charge is -2.32. The standard InChI is InChI=1S/C18H21NO4/c20-17(15-9-10-16(23-15)18(21)22)19(12-6-7-12)14-8-5-11-3-1-2-4-13(11)14/h1-4,12,14-16H,5-10H2,(H,21,22)/t14?,15-,16+/m0/s1. The first-order valence-corrected chi connectivity index (χ1v) is 8.43. The summed E-state index contributed by atoms with van der Waals surface area (Å²) in [5.41, 5.74) is 2.58. The fraction of sp³-hybridized carbons (Fsp3) is 0.556. The van der Waals surface area contributed by atoms with E-state index in [2.05, 4.69) is 12.1 Å². The summed E-state index contributed by atoms with van der Waals surface area (Å²) in [7, 11) is 0. The molecule has 1 aliphatic heterocycles. The summed E-state index contributed by atoms with van der Waals surface area (Å²) in [5, 5.41) is 9.06. The Hall–Kier alpha value is -1.88. The molecule has 5 heteroatoms. The van der Waals surface area contributed by atoms with E-state index >= 15 is 0 Å². The van der Waals surface area contributed by atoms with E-state index in [0.717, 1.165) is 25.7 Å². The number of ether oxygens (including phenoxy) is 1. The molecule has 1 saturated heterocycles. The maximum absolute atomic E-state index is 13.0. The number of aryl methyl sites for hydroxylation is 1. The summed E-state index contributed by atoms with van der Waals surface area (Å²) in [5.74, 6) is -0.984. The molecule has 0 spiro atoms. The van der Waals surface area contributed by atoms with E-state index in [-0.39, 0.29) is 11.9 Å². The molecule has 2 fully saturated rings. The monoisotopic (exact) mass is 315 g/mol. The molecule has 1 N–H and O–H groups in total. The highest BCUT2D eigenvalue weighted by atomic mass is 16.5. The second-order valence-corrected chi connectivity index (χ2v) is 6.76. The highest BCUT2D eigenvalue weighted by molar-refractivity contribution is 5.84. The van der Waals surface area contributed by atoms with E-state index in [1.807, 2.05) is 17.0 Å². The van der Waals surface area contributed by atoms with Crippen molar-refractivity contribution in [3.05, 3.63) is 35.4 Å². The van der Waals surface area contributed by atoms with Crippen LogP contribution in [-0.2, 0) is 20.7 Å². The van der Waals surface area contributed by atoms with Crippen molar-refractivity contribution in [3.63, 3.8) is 0 Å². The highest BCUT2D eigenvalue weighted by Gasteiger charge is 2.45. The van der Waals surface area contributed by atoms with Crippen LogP contribution in [0.3, 0.4) is 0 Å². The largest absolute Gasteiger partial charge is 0.479 e. The van der Waals surface area contributed by atoms with E-state index < -0.39 is 18.2 Å². The summed E-state index contributed by atoms with van der Waals surface area (Å²) in [6, 6.07) is 8.74. The van der Waals surface area contributed by atoms with Gasteiger partial charge in [-0.2, -0.15) is 0 Å². The maximum atomic E-state index is 13.0. The van der Waals surface area contributed by atoms with Crippen molar-refractivity contribution < 1.29 is 19.4 Å². The van der Waals surface area contributed by atoms with Crippen LogP contribution in [0.2, 0.25) is 0 Å². The van der Waals surface area contributed by atoms with Gasteiger partial charge >= 0.3 is 5.97 Å². The fourth-order valence-corrected chi connectivity index (χ4v) is 3.93. The zero-order chi connectivity index (χ0) is 16.0. The molecule has 2 aliphatic carbocycles. The van der Waals surface area contributed by atoms with Crippen LogP contribution in [0.25, 0.3) is 0 Å². The smallest absolute Gasteiger partial charge is 0.332 e. The minimum absolute atomic E-state index is 0.0158. The number of rotatable bonds is 4. The van der Waals surface area contributed by atoms with Gasteiger partial charge in [-0.1, -0.05) is 24.3 Å². The van der Waals surface area contributed by atoms with E-state index in [1.165, 1.54) is 11.1 Å². The Labute approximate surface area is 135 Å². The van der Waals surface area contributed by atoms with Gasteiger partial charge in [0.1, 0.15) is 6.10 Å². The van der Waals surface area contributed by atoms with Crippen LogP contribution in [0.15, 0.2) is 24.3 Å². The first kappa shape index (κ1) is 14.7. The van der Waals surface area contributed by atoms with Crippen molar-refractivity contribution in [3.8, 4) is 0 Å². The van der Waals surface area contributed by atoms with Crippen molar-refractivity contribution in [1.82, 2.24) is 4.90 Å². The third-order valence-electron chi connectivity index (χ3n) is 5.20. The predicted molar refractivity (Wildman–Crippen MR) is 82.9 cm³/mol. The number of hydrogen-bond acceptors (Lipinski definition) is 3. The Bertz CT molecular complexity index is 640. The van der Waals surface area contributed by atoms with Gasteiger partial charge in [0, 0.05) is 6.04 Å². The van der Waals surface area contributed by atoms with Gasteiger partial charge < -0.3 is 14.7 Å². The SMILES string of the molecule is O=C(O)[C@H]1CC[C@@H](C(=O)N(C2CC2)C2CCc3ccccc32)O1. The summed E-state index contributed by atoms with van der Waals surface area (Å²) in [6.07, 6.45) is 3.54. The lowest BCUT2D eigenvalue weighted by molar-refractivity contribution is -0.156. The Morgan fingerprint density at radius 1 is 1.04 bits per heavy atom. The Morgan fingerprint density at radius 3 is 2.48 bits per heavy atom. The molecule has 3 atom stereocenters. The molecule has 1 amide bonds. The molecule has 3 aliphatic rings. The number of fused-ring (bicyclic) bond motifs is 1. The third kappa shape index (κ3) is 2.63. The highest BCUT2D eigenvalue weighted by Crippen LogP contribution is 2.42. The molecule has 5 nitrogen and oxygen atoms in total. The minimum Gasteiger partial charge on any atom is -0.479 e. The van der Waals surface area contributed by atoms with E-state index in [1.54, 1.807) is 0 Å². The summed E-state index contributed by atoms with van der Waals surface area (Å²) in [6.45, 7) is 0. The Balaban J connectivity index is 1.55. The van der Waals surface area contributed by atoms with Gasteiger partial charge in [0.2, 0.25) is 0 Å². The number of carboxylic acids is 1. The number of amides is 1. The average Bonchev–Trinajstić information content (AvgIpc) is 3.10. The molecule has 1 aromatic rings. The lowest BCUT2D eigenvalue weighted by atomic mass is 10.1. The number of benzene rings is 1. The minimum atomic E-state index is -0.968. The van der Waals surface area contributed by atoms with Crippen molar-refractivity contribution in [2.75, 3.05) is 0 Å². The first-order valence-electron chi connectivity index (χ1n) is 8.43. The van der Waals surface area contributed by atoms with E-state index in [0.29, 0.717) is 18.9 Å². The van der Waals surface area contributed by atoms with Gasteiger partial charge in [-0.3, -0.25) is 4.79 Å². The number of carbonyl (C=O) groups excluding carboxylic acids is 1. The molecule has 1 unspecified atom stereocenters. The number of aliphatic carboxylic acids is 1. The van der Waals surface area contributed by atoms with Crippen molar-refractivity contribution in [2.45, 2.75) is 62.8 Å². The topological polar surface area (TPSA) is 66.8 Å². The molecule has 0 aromatic heterocycles. The van der Waals surface area contributed by atoms with Gasteiger partial charge in [-0.15, -0.1) is 0 Å². The molecule has 0 bridgehead atoms. The number of carboxylic acid groups (broad SMARTS) is 1. The number of hydrogen-bond donors (Lipinski definition) is 1. The zero-order valence-corrected chi connectivity index (χ0v) is 13.0. The summed E-state index contributed by atoms with van der Waals surface area (Å²) < 4.78 is 5.50. The zero-order valence-electron chi connectivity index (χ0n) is 13.0. The van der Waals surface area contributed by atoms with Crippen molar-refractivity contribution >= 4 is 11.9 Å². The maximum Gasteiger partial charge on any atom is 0.332 e. The second-order valence-electron chi connectivity index (χ2n) is 6.76. The molecular formula is C18H21NO4. The summed E-state index contributed by atoms with van der Waals surface area (Å²) >= 11 is 0. The molecule has 1 heterocycles. The third-order valence-corrected chi connectivity index (χ3v) is 5.20. The fourth-order valence-electron chi connectivity index (χ4n) is 3.93. The van der Waals surface area contributed by atoms with Crippen molar-refractivity contribution in [1.29, 1.82) is 0 Å². The van der Waals surface area contributed by atoms with E-state index in [9.17, 15) is 9.59 Å². The predicted octanol–water partition coefficient (Wildman–Crippen LogP) is 2.30. The molecule has 1 aromatic carbocycles. The van der Waals surface area contributed by atoms with Crippen LogP contribution >= 0.6 is 0 Å². The van der Waals surface area contributed by atoms with E-state index in [4.69, 9.17) is 9.84 Å². The number of carbonyl (C=O) groups is 2. The molecule has 1 saturated carbocycles.